The third-order valence-corrected chi connectivity index (χ3v) is 2.79. The van der Waals surface area contributed by atoms with Crippen LogP contribution in [0.1, 0.15) is 34.6 Å². The molecule has 0 bridgehead atoms. The Morgan fingerprint density at radius 1 is 1.47 bits per heavy atom. The molecule has 5 nitrogen and oxygen atoms in total. The minimum Gasteiger partial charge on any atom is -0.382 e. The van der Waals surface area contributed by atoms with Crippen LogP contribution < -0.4 is 5.32 Å². The van der Waals surface area contributed by atoms with Gasteiger partial charge >= 0.3 is 0 Å². The van der Waals surface area contributed by atoms with Crippen LogP contribution in [0.5, 0.6) is 0 Å². The first-order chi connectivity index (χ1) is 8.61. The van der Waals surface area contributed by atoms with Crippen molar-refractivity contribution >= 4 is 5.91 Å². The lowest BCUT2D eigenvalue weighted by molar-refractivity contribution is -0.156. The molecule has 0 aromatic rings. The molecule has 0 aliphatic carbocycles. The third kappa shape index (κ3) is 6.36. The maximum Gasteiger partial charge on any atom is 0.234 e. The van der Waals surface area contributed by atoms with Crippen molar-refractivity contribution in [2.45, 2.75) is 51.9 Å². The van der Waals surface area contributed by atoms with Gasteiger partial charge in [-0.15, -0.1) is 0 Å². The second-order valence-electron chi connectivity index (χ2n) is 6.92. The van der Waals surface area contributed by atoms with Crippen molar-refractivity contribution in [2.24, 2.45) is 0 Å². The van der Waals surface area contributed by atoms with Gasteiger partial charge in [0, 0.05) is 25.7 Å². The Balaban J connectivity index is 2.54. The molecule has 1 saturated heterocycles. The Bertz CT molecular complexity index is 310. The van der Waals surface area contributed by atoms with E-state index in [9.17, 15) is 4.79 Å². The van der Waals surface area contributed by atoms with E-state index in [1.54, 1.807) is 7.11 Å². The lowest BCUT2D eigenvalue weighted by Gasteiger charge is -2.42. The van der Waals surface area contributed by atoms with Gasteiger partial charge in [-0.2, -0.15) is 0 Å². The monoisotopic (exact) mass is 272 g/mol. The van der Waals surface area contributed by atoms with Gasteiger partial charge in [-0.25, -0.2) is 0 Å². The van der Waals surface area contributed by atoms with E-state index >= 15 is 0 Å². The molecule has 1 atom stereocenters. The number of nitrogens with zero attached hydrogens (tertiary/aromatic N) is 1. The number of methoxy groups -OCH3 is 1. The summed E-state index contributed by atoms with van der Waals surface area (Å²) in [6, 6.07) is 0. The van der Waals surface area contributed by atoms with Gasteiger partial charge in [0.1, 0.15) is 0 Å². The molecule has 1 rings (SSSR count). The van der Waals surface area contributed by atoms with Gasteiger partial charge in [-0.05, 0) is 34.6 Å². The highest BCUT2D eigenvalue weighted by Crippen LogP contribution is 2.21. The molecule has 0 spiro atoms. The zero-order valence-electron chi connectivity index (χ0n) is 13.1. The lowest BCUT2D eigenvalue weighted by Crippen LogP contribution is -2.56. The van der Waals surface area contributed by atoms with Crippen LogP contribution in [0.25, 0.3) is 0 Å². The first-order valence-corrected chi connectivity index (χ1v) is 6.81. The van der Waals surface area contributed by atoms with Crippen molar-refractivity contribution < 1.29 is 14.3 Å². The van der Waals surface area contributed by atoms with Crippen LogP contribution in [0, 0.1) is 0 Å². The molecule has 19 heavy (non-hydrogen) atoms. The zero-order valence-corrected chi connectivity index (χ0v) is 13.1. The van der Waals surface area contributed by atoms with E-state index in [4.69, 9.17) is 9.47 Å². The summed E-state index contributed by atoms with van der Waals surface area (Å²) in [6.07, 6.45) is 0.0242. The number of carbonyl (C=O) groups excluding carboxylic acids is 1. The highest BCUT2D eigenvalue weighted by atomic mass is 16.5. The Labute approximate surface area is 116 Å². The number of nitrogens with one attached hydrogen (secondary N) is 1. The molecule has 1 aliphatic rings. The number of morpholine rings is 1. The predicted molar refractivity (Wildman–Crippen MR) is 75.2 cm³/mol. The molecule has 1 N–H and O–H groups in total. The average molecular weight is 272 g/mol. The van der Waals surface area contributed by atoms with Crippen LogP contribution in [-0.4, -0.2) is 61.4 Å². The van der Waals surface area contributed by atoms with E-state index in [0.29, 0.717) is 13.2 Å². The van der Waals surface area contributed by atoms with Crippen molar-refractivity contribution in [1.29, 1.82) is 0 Å². The Morgan fingerprint density at radius 2 is 2.11 bits per heavy atom. The molecular formula is C14H28N2O3. The molecule has 1 heterocycles. The smallest absolute Gasteiger partial charge is 0.234 e. The average Bonchev–Trinajstić information content (AvgIpc) is 2.10. The number of hydrogen-bond donors (Lipinski definition) is 1. The van der Waals surface area contributed by atoms with Crippen LogP contribution in [-0.2, 0) is 14.3 Å². The molecule has 5 heteroatoms. The number of rotatable bonds is 4. The summed E-state index contributed by atoms with van der Waals surface area (Å²) >= 11 is 0. The summed E-state index contributed by atoms with van der Waals surface area (Å²) in [5.41, 5.74) is -0.436. The number of carbonyl (C=O) groups is 1. The van der Waals surface area contributed by atoms with Gasteiger partial charge in [-0.1, -0.05) is 0 Å². The minimum atomic E-state index is -0.247. The molecule has 0 aromatic carbocycles. The first kappa shape index (κ1) is 16.4. The maximum absolute atomic E-state index is 12.0. The van der Waals surface area contributed by atoms with Crippen LogP contribution >= 0.6 is 0 Å². The second-order valence-corrected chi connectivity index (χ2v) is 6.92. The Kier molecular flexibility index (Phi) is 5.35. The van der Waals surface area contributed by atoms with E-state index in [-0.39, 0.29) is 23.2 Å². The fraction of sp³-hybridized carbons (Fsp3) is 0.929. The zero-order chi connectivity index (χ0) is 14.7. The van der Waals surface area contributed by atoms with E-state index in [1.165, 1.54) is 0 Å². The van der Waals surface area contributed by atoms with E-state index in [0.717, 1.165) is 13.1 Å². The number of hydrogen-bond acceptors (Lipinski definition) is 4. The quantitative estimate of drug-likeness (QED) is 0.830. The lowest BCUT2D eigenvalue weighted by atomic mass is 10.0. The summed E-state index contributed by atoms with van der Waals surface area (Å²) in [7, 11) is 1.67. The summed E-state index contributed by atoms with van der Waals surface area (Å²) < 4.78 is 11.1. The number of ether oxygens (including phenoxy) is 2. The molecular weight excluding hydrogens is 244 g/mol. The summed E-state index contributed by atoms with van der Waals surface area (Å²) in [4.78, 5) is 14.1. The molecule has 1 aliphatic heterocycles. The minimum absolute atomic E-state index is 0.0242. The molecule has 1 unspecified atom stereocenters. The molecule has 112 valence electrons. The molecule has 1 fully saturated rings. The van der Waals surface area contributed by atoms with Gasteiger partial charge < -0.3 is 14.8 Å². The highest BCUT2D eigenvalue weighted by molar-refractivity contribution is 5.78. The summed E-state index contributed by atoms with van der Waals surface area (Å²) in [5.74, 6) is 0.0568. The molecule has 1 amide bonds. The van der Waals surface area contributed by atoms with Crippen LogP contribution in [0.4, 0.5) is 0 Å². The van der Waals surface area contributed by atoms with Gasteiger partial charge in [0.05, 0.1) is 24.9 Å². The van der Waals surface area contributed by atoms with Gasteiger partial charge in [0.15, 0.2) is 0 Å². The van der Waals surface area contributed by atoms with Crippen LogP contribution in [0.2, 0.25) is 0 Å². The van der Waals surface area contributed by atoms with Crippen LogP contribution in [0.3, 0.4) is 0 Å². The standard InChI is InChI=1S/C14H28N2O3/c1-13(2,3)15-12(17)8-16-7-11(9-18-6)19-14(4,5)10-16/h11H,7-10H2,1-6H3,(H,15,17). The first-order valence-electron chi connectivity index (χ1n) is 6.81. The van der Waals surface area contributed by atoms with Gasteiger partial charge in [0.2, 0.25) is 5.91 Å². The maximum atomic E-state index is 12.0. The number of amides is 1. The Hall–Kier alpha value is -0.650. The van der Waals surface area contributed by atoms with Crippen molar-refractivity contribution in [2.75, 3.05) is 33.4 Å². The normalized spacial score (nSPS) is 24.2. The third-order valence-electron chi connectivity index (χ3n) is 2.79. The predicted octanol–water partition coefficient (Wildman–Crippen LogP) is 1.03. The molecule has 0 radical (unpaired) electrons. The summed E-state index contributed by atoms with van der Waals surface area (Å²) in [6.45, 7) is 12.5. The fourth-order valence-corrected chi connectivity index (χ4v) is 2.47. The van der Waals surface area contributed by atoms with Crippen LogP contribution in [0.15, 0.2) is 0 Å². The van der Waals surface area contributed by atoms with Crippen molar-refractivity contribution in [3.8, 4) is 0 Å². The van der Waals surface area contributed by atoms with Crippen molar-refractivity contribution in [1.82, 2.24) is 10.2 Å². The fourth-order valence-electron chi connectivity index (χ4n) is 2.47. The summed E-state index contributed by atoms with van der Waals surface area (Å²) in [5, 5.41) is 2.99. The van der Waals surface area contributed by atoms with Gasteiger partial charge in [0.25, 0.3) is 0 Å². The SMILES string of the molecule is COCC1CN(CC(=O)NC(C)(C)C)CC(C)(C)O1. The van der Waals surface area contributed by atoms with Crippen molar-refractivity contribution in [3.63, 3.8) is 0 Å². The van der Waals surface area contributed by atoms with Gasteiger partial charge in [-0.3, -0.25) is 9.69 Å². The van der Waals surface area contributed by atoms with E-state index < -0.39 is 0 Å². The largest absolute Gasteiger partial charge is 0.382 e. The van der Waals surface area contributed by atoms with Crippen molar-refractivity contribution in [3.05, 3.63) is 0 Å². The Morgan fingerprint density at radius 3 is 2.63 bits per heavy atom. The van der Waals surface area contributed by atoms with E-state index in [1.807, 2.05) is 34.6 Å². The molecule has 0 saturated carbocycles. The molecule has 0 aromatic heterocycles. The topological polar surface area (TPSA) is 50.8 Å². The van der Waals surface area contributed by atoms with E-state index in [2.05, 4.69) is 10.2 Å². The highest BCUT2D eigenvalue weighted by Gasteiger charge is 2.34. The second kappa shape index (κ2) is 6.20.